The number of hydrogen-bond donors (Lipinski definition) is 2. The number of piperidine rings is 1. The third-order valence-corrected chi connectivity index (χ3v) is 6.22. The molecule has 5 heterocycles. The first-order valence-corrected chi connectivity index (χ1v) is 10.0. The van der Waals surface area contributed by atoms with Crippen molar-refractivity contribution in [2.75, 3.05) is 11.9 Å². The number of nitrogens with one attached hydrogen (secondary N) is 2. The summed E-state index contributed by atoms with van der Waals surface area (Å²) < 4.78 is 0. The number of halogens is 1. The van der Waals surface area contributed by atoms with Crippen molar-refractivity contribution in [2.24, 2.45) is 0 Å². The second-order valence-electron chi connectivity index (χ2n) is 7.67. The maximum atomic E-state index is 6.37. The predicted molar refractivity (Wildman–Crippen MR) is 109 cm³/mol. The summed E-state index contributed by atoms with van der Waals surface area (Å²) in [5.41, 5.74) is 3.16. The summed E-state index contributed by atoms with van der Waals surface area (Å²) in [6, 6.07) is 9.64. The average Bonchev–Trinajstić information content (AvgIpc) is 3.37. The number of pyridine rings is 1. The first-order valence-electron chi connectivity index (χ1n) is 9.66. The number of nitrogens with zero attached hydrogens (tertiary/aromatic N) is 5. The topological polar surface area (TPSA) is 82.6 Å². The Bertz CT molecular complexity index is 945. The maximum Gasteiger partial charge on any atom is 0.151 e. The Hall–Kier alpha value is -2.51. The van der Waals surface area contributed by atoms with E-state index in [4.69, 9.17) is 11.6 Å². The van der Waals surface area contributed by atoms with Gasteiger partial charge in [-0.3, -0.25) is 5.10 Å². The lowest BCUT2D eigenvalue weighted by molar-refractivity contribution is 0.353. The molecule has 0 radical (unpaired) electrons. The number of hydrogen-bond acceptors (Lipinski definition) is 6. The van der Waals surface area contributed by atoms with E-state index in [1.165, 1.54) is 25.7 Å². The lowest BCUT2D eigenvalue weighted by atomic mass is 9.98. The molecule has 0 aromatic carbocycles. The molecule has 7 nitrogen and oxygen atoms in total. The fraction of sp³-hybridized carbons (Fsp3) is 0.400. The summed E-state index contributed by atoms with van der Waals surface area (Å²) in [6.07, 6.45) is 8.44. The zero-order chi connectivity index (χ0) is 19.1. The number of fused-ring (bicyclic) bond motifs is 2. The highest BCUT2D eigenvalue weighted by atomic mass is 35.5. The van der Waals surface area contributed by atoms with Crippen LogP contribution in [0.4, 0.5) is 5.82 Å². The van der Waals surface area contributed by atoms with Crippen molar-refractivity contribution in [1.82, 2.24) is 30.7 Å². The van der Waals surface area contributed by atoms with Crippen LogP contribution >= 0.6 is 11.6 Å². The summed E-state index contributed by atoms with van der Waals surface area (Å²) in [5.74, 6) is 0.899. The van der Waals surface area contributed by atoms with Gasteiger partial charge < -0.3 is 10.2 Å². The van der Waals surface area contributed by atoms with Crippen molar-refractivity contribution in [1.29, 1.82) is 0 Å². The van der Waals surface area contributed by atoms with E-state index < -0.39 is 0 Å². The van der Waals surface area contributed by atoms with Crippen LogP contribution in [-0.2, 0) is 0 Å². The predicted octanol–water partition coefficient (Wildman–Crippen LogP) is 3.30. The Balaban J connectivity index is 1.34. The van der Waals surface area contributed by atoms with Crippen LogP contribution in [0.1, 0.15) is 25.7 Å². The largest absolute Gasteiger partial charge is 0.355 e. The molecule has 2 N–H and O–H groups in total. The quantitative estimate of drug-likeness (QED) is 0.659. The SMILES string of the molecule is CN(c1ccc(-c2ccc(-c3cn[nH]c3)c(Cl)n2)nn1)C1CC2CCC(C1)N2. The number of rotatable bonds is 4. The zero-order valence-corrected chi connectivity index (χ0v) is 16.4. The first-order chi connectivity index (χ1) is 13.7. The molecule has 2 aliphatic heterocycles. The van der Waals surface area contributed by atoms with E-state index in [2.05, 4.69) is 42.6 Å². The highest BCUT2D eigenvalue weighted by molar-refractivity contribution is 6.32. The van der Waals surface area contributed by atoms with Gasteiger partial charge in [0.05, 0.1) is 11.9 Å². The number of H-pyrrole nitrogens is 1. The molecule has 8 heteroatoms. The number of aromatic amines is 1. The summed E-state index contributed by atoms with van der Waals surface area (Å²) in [5, 5.41) is 19.7. The Kier molecular flexibility index (Phi) is 4.49. The molecule has 144 valence electrons. The van der Waals surface area contributed by atoms with E-state index >= 15 is 0 Å². The van der Waals surface area contributed by atoms with Crippen LogP contribution in [0.2, 0.25) is 5.15 Å². The normalized spacial score (nSPS) is 23.7. The molecule has 28 heavy (non-hydrogen) atoms. The molecule has 3 aromatic heterocycles. The third kappa shape index (κ3) is 3.25. The standard InChI is InChI=1S/C20H22ClN7/c1-28(15-8-13-2-3-14(9-15)24-13)19-7-6-18(26-27-19)17-5-4-16(20(21)25-17)12-10-22-23-11-12/h4-7,10-11,13-15,24H,2-3,8-9H2,1H3,(H,22,23). The van der Waals surface area contributed by atoms with Crippen LogP contribution in [0.15, 0.2) is 36.7 Å². The van der Waals surface area contributed by atoms with Crippen LogP contribution in [0.25, 0.3) is 22.5 Å². The average molecular weight is 396 g/mol. The molecule has 0 spiro atoms. The number of aromatic nitrogens is 5. The highest BCUT2D eigenvalue weighted by Crippen LogP contribution is 2.31. The molecular formula is C20H22ClN7. The maximum absolute atomic E-state index is 6.37. The number of anilines is 1. The van der Waals surface area contributed by atoms with Gasteiger partial charge in [0.1, 0.15) is 10.8 Å². The summed E-state index contributed by atoms with van der Waals surface area (Å²) >= 11 is 6.37. The lowest BCUT2D eigenvalue weighted by Gasteiger charge is -2.36. The summed E-state index contributed by atoms with van der Waals surface area (Å²) in [7, 11) is 2.12. The molecule has 0 aliphatic carbocycles. The monoisotopic (exact) mass is 395 g/mol. The van der Waals surface area contributed by atoms with Crippen molar-refractivity contribution in [3.8, 4) is 22.5 Å². The smallest absolute Gasteiger partial charge is 0.151 e. The second kappa shape index (κ2) is 7.14. The second-order valence-corrected chi connectivity index (χ2v) is 8.03. The molecule has 5 rings (SSSR count). The zero-order valence-electron chi connectivity index (χ0n) is 15.6. The van der Waals surface area contributed by atoms with Crippen molar-refractivity contribution >= 4 is 17.4 Å². The Morgan fingerprint density at radius 2 is 1.82 bits per heavy atom. The van der Waals surface area contributed by atoms with E-state index in [9.17, 15) is 0 Å². The van der Waals surface area contributed by atoms with Gasteiger partial charge in [-0.05, 0) is 49.9 Å². The fourth-order valence-corrected chi connectivity index (χ4v) is 4.63. The van der Waals surface area contributed by atoms with Crippen LogP contribution in [0, 0.1) is 0 Å². The van der Waals surface area contributed by atoms with Crippen LogP contribution < -0.4 is 10.2 Å². The molecule has 2 unspecified atom stereocenters. The lowest BCUT2D eigenvalue weighted by Crippen LogP contribution is -2.47. The van der Waals surface area contributed by atoms with Gasteiger partial charge >= 0.3 is 0 Å². The van der Waals surface area contributed by atoms with Gasteiger partial charge in [0.15, 0.2) is 5.82 Å². The fourth-order valence-electron chi connectivity index (χ4n) is 4.37. The minimum Gasteiger partial charge on any atom is -0.355 e. The molecule has 2 bridgehead atoms. The molecular weight excluding hydrogens is 374 g/mol. The third-order valence-electron chi connectivity index (χ3n) is 5.93. The molecule has 3 aromatic rings. The van der Waals surface area contributed by atoms with E-state index in [0.29, 0.717) is 34.7 Å². The van der Waals surface area contributed by atoms with Gasteiger partial charge in [0, 0.05) is 42.5 Å². The van der Waals surface area contributed by atoms with Crippen molar-refractivity contribution in [3.63, 3.8) is 0 Å². The van der Waals surface area contributed by atoms with E-state index in [-0.39, 0.29) is 0 Å². The minimum atomic E-state index is 0.423. The Morgan fingerprint density at radius 1 is 1.04 bits per heavy atom. The van der Waals surface area contributed by atoms with Crippen LogP contribution in [0.3, 0.4) is 0 Å². The van der Waals surface area contributed by atoms with Gasteiger partial charge in [-0.25, -0.2) is 4.98 Å². The van der Waals surface area contributed by atoms with Gasteiger partial charge in [0.2, 0.25) is 0 Å². The van der Waals surface area contributed by atoms with Crippen LogP contribution in [0.5, 0.6) is 0 Å². The van der Waals surface area contributed by atoms with Gasteiger partial charge in [0.25, 0.3) is 0 Å². The van der Waals surface area contributed by atoms with Crippen molar-refractivity contribution < 1.29 is 0 Å². The summed E-state index contributed by atoms with van der Waals surface area (Å²) in [6.45, 7) is 0. The molecule has 0 saturated carbocycles. The van der Waals surface area contributed by atoms with E-state index in [1.54, 1.807) is 12.4 Å². The van der Waals surface area contributed by atoms with Crippen LogP contribution in [-0.4, -0.2) is 50.6 Å². The molecule has 2 aliphatic rings. The van der Waals surface area contributed by atoms with Gasteiger partial charge in [-0.1, -0.05) is 11.6 Å². The van der Waals surface area contributed by atoms with E-state index in [0.717, 1.165) is 16.9 Å². The Morgan fingerprint density at radius 3 is 2.46 bits per heavy atom. The molecule has 2 fully saturated rings. The highest BCUT2D eigenvalue weighted by Gasteiger charge is 2.35. The van der Waals surface area contributed by atoms with Crippen molar-refractivity contribution in [2.45, 2.75) is 43.8 Å². The molecule has 2 atom stereocenters. The van der Waals surface area contributed by atoms with Crippen molar-refractivity contribution in [3.05, 3.63) is 41.8 Å². The van der Waals surface area contributed by atoms with Gasteiger partial charge in [-0.15, -0.1) is 10.2 Å². The van der Waals surface area contributed by atoms with Gasteiger partial charge in [-0.2, -0.15) is 5.10 Å². The summed E-state index contributed by atoms with van der Waals surface area (Å²) in [4.78, 5) is 6.76. The Labute approximate surface area is 168 Å². The van der Waals surface area contributed by atoms with E-state index in [1.807, 2.05) is 24.3 Å². The molecule has 0 amide bonds. The first kappa shape index (κ1) is 17.6. The minimum absolute atomic E-state index is 0.423. The molecule has 2 saturated heterocycles.